The number of nitrogens with zero attached hydrogens (tertiary/aromatic N) is 1. The van der Waals surface area contributed by atoms with E-state index in [1.807, 2.05) is 0 Å². The summed E-state index contributed by atoms with van der Waals surface area (Å²) in [5.74, 6) is -1.30. The molecule has 9 heteroatoms. The minimum Gasteiger partial charge on any atom is -0.340 e. The Morgan fingerprint density at radius 3 is 2.46 bits per heavy atom. The molecule has 0 saturated heterocycles. The van der Waals surface area contributed by atoms with Gasteiger partial charge in [-0.2, -0.15) is 13.2 Å². The number of hydrazine groups is 1. The fourth-order valence-electron chi connectivity index (χ4n) is 1.93. The van der Waals surface area contributed by atoms with E-state index in [0.29, 0.717) is 0 Å². The number of carbonyl (C=O) groups excluding carboxylic acids is 2. The maximum absolute atomic E-state index is 12.8. The van der Waals surface area contributed by atoms with Gasteiger partial charge in [-0.15, -0.1) is 0 Å². The maximum Gasteiger partial charge on any atom is 0.416 e. The Labute approximate surface area is 147 Å². The molecule has 0 unspecified atom stereocenters. The summed E-state index contributed by atoms with van der Waals surface area (Å²) in [6.45, 7) is 3.32. The molecule has 26 heavy (non-hydrogen) atoms. The molecule has 2 rings (SSSR count). The van der Waals surface area contributed by atoms with Crippen LogP contribution >= 0.6 is 0 Å². The van der Waals surface area contributed by atoms with Gasteiger partial charge in [-0.3, -0.25) is 20.4 Å². The van der Waals surface area contributed by atoms with Crippen LogP contribution in [-0.4, -0.2) is 16.8 Å². The van der Waals surface area contributed by atoms with Gasteiger partial charge in [0.15, 0.2) is 0 Å². The molecule has 0 fully saturated rings. The van der Waals surface area contributed by atoms with Crippen molar-refractivity contribution >= 4 is 23.3 Å². The van der Waals surface area contributed by atoms with E-state index in [4.69, 9.17) is 0 Å². The second kappa shape index (κ2) is 7.85. The van der Waals surface area contributed by atoms with Gasteiger partial charge < -0.3 is 5.32 Å². The number of nitrogens with one attached hydrogen (secondary N) is 3. The highest BCUT2D eigenvalue weighted by Gasteiger charge is 2.30. The van der Waals surface area contributed by atoms with Crippen molar-refractivity contribution < 1.29 is 22.8 Å². The second-order valence-corrected chi connectivity index (χ2v) is 5.70. The standard InChI is InChI=1S/C17H17F3N4O2/c1-10(2)15(25)23-24-16(26)13-7-4-8-21-14(13)22-12-6-3-5-11(9-12)17(18,19)20/h3-10H,1-2H3,(H,21,22)(H,23,25)(H,24,26). The van der Waals surface area contributed by atoms with E-state index in [1.165, 1.54) is 30.5 Å². The number of hydrogen-bond donors (Lipinski definition) is 3. The van der Waals surface area contributed by atoms with Crippen molar-refractivity contribution in [1.82, 2.24) is 15.8 Å². The van der Waals surface area contributed by atoms with Crippen LogP contribution in [0.5, 0.6) is 0 Å². The third-order valence-electron chi connectivity index (χ3n) is 3.33. The Morgan fingerprint density at radius 2 is 1.81 bits per heavy atom. The molecule has 0 spiro atoms. The Morgan fingerprint density at radius 1 is 1.08 bits per heavy atom. The average Bonchev–Trinajstić information content (AvgIpc) is 2.59. The zero-order chi connectivity index (χ0) is 19.3. The van der Waals surface area contributed by atoms with E-state index in [9.17, 15) is 22.8 Å². The number of carbonyl (C=O) groups is 2. The summed E-state index contributed by atoms with van der Waals surface area (Å²) in [4.78, 5) is 27.7. The maximum atomic E-state index is 12.8. The van der Waals surface area contributed by atoms with Crippen molar-refractivity contribution in [3.63, 3.8) is 0 Å². The molecule has 0 saturated carbocycles. The Kier molecular flexibility index (Phi) is 5.81. The van der Waals surface area contributed by atoms with Crippen LogP contribution in [0.2, 0.25) is 0 Å². The fourth-order valence-corrected chi connectivity index (χ4v) is 1.93. The van der Waals surface area contributed by atoms with Crippen LogP contribution in [0.4, 0.5) is 24.7 Å². The third kappa shape index (κ3) is 4.95. The van der Waals surface area contributed by atoms with Crippen LogP contribution in [0.3, 0.4) is 0 Å². The van der Waals surface area contributed by atoms with Crippen LogP contribution in [0.1, 0.15) is 29.8 Å². The van der Waals surface area contributed by atoms with Crippen molar-refractivity contribution in [2.75, 3.05) is 5.32 Å². The first-order chi connectivity index (χ1) is 12.2. The zero-order valence-electron chi connectivity index (χ0n) is 14.0. The van der Waals surface area contributed by atoms with Gasteiger partial charge in [0, 0.05) is 17.8 Å². The quantitative estimate of drug-likeness (QED) is 0.726. The summed E-state index contributed by atoms with van der Waals surface area (Å²) in [5, 5.41) is 2.69. The van der Waals surface area contributed by atoms with Gasteiger partial charge in [-0.1, -0.05) is 19.9 Å². The van der Waals surface area contributed by atoms with Gasteiger partial charge in [-0.25, -0.2) is 4.98 Å². The molecule has 1 aromatic carbocycles. The normalized spacial score (nSPS) is 11.2. The summed E-state index contributed by atoms with van der Waals surface area (Å²) < 4.78 is 38.4. The molecule has 3 N–H and O–H groups in total. The van der Waals surface area contributed by atoms with E-state index < -0.39 is 17.6 Å². The van der Waals surface area contributed by atoms with E-state index >= 15 is 0 Å². The first-order valence-corrected chi connectivity index (χ1v) is 7.68. The Balaban J connectivity index is 2.19. The van der Waals surface area contributed by atoms with Crippen molar-refractivity contribution in [2.24, 2.45) is 5.92 Å². The van der Waals surface area contributed by atoms with Crippen LogP contribution in [0.15, 0.2) is 42.6 Å². The number of hydrogen-bond acceptors (Lipinski definition) is 4. The van der Waals surface area contributed by atoms with Gasteiger partial charge in [0.2, 0.25) is 5.91 Å². The van der Waals surface area contributed by atoms with Gasteiger partial charge in [-0.05, 0) is 30.3 Å². The number of anilines is 2. The van der Waals surface area contributed by atoms with Crippen molar-refractivity contribution in [3.05, 3.63) is 53.7 Å². The molecule has 2 amide bonds. The van der Waals surface area contributed by atoms with Crippen LogP contribution in [-0.2, 0) is 11.0 Å². The number of rotatable bonds is 4. The Bertz CT molecular complexity index is 807. The largest absolute Gasteiger partial charge is 0.416 e. The van der Waals surface area contributed by atoms with E-state index in [2.05, 4.69) is 21.2 Å². The van der Waals surface area contributed by atoms with E-state index in [0.717, 1.165) is 12.1 Å². The number of halogens is 3. The first-order valence-electron chi connectivity index (χ1n) is 7.68. The van der Waals surface area contributed by atoms with Crippen molar-refractivity contribution in [2.45, 2.75) is 20.0 Å². The number of alkyl halides is 3. The molecule has 138 valence electrons. The molecule has 1 aromatic heterocycles. The fraction of sp³-hybridized carbons (Fsp3) is 0.235. The highest BCUT2D eigenvalue weighted by molar-refractivity contribution is 6.00. The van der Waals surface area contributed by atoms with Gasteiger partial charge in [0.25, 0.3) is 5.91 Å². The molecule has 0 aliphatic carbocycles. The SMILES string of the molecule is CC(C)C(=O)NNC(=O)c1cccnc1Nc1cccc(C(F)(F)F)c1. The lowest BCUT2D eigenvalue weighted by atomic mass is 10.2. The molecular weight excluding hydrogens is 349 g/mol. The smallest absolute Gasteiger partial charge is 0.340 e. The molecule has 0 radical (unpaired) electrons. The van der Waals surface area contributed by atoms with Crippen molar-refractivity contribution in [1.29, 1.82) is 0 Å². The Hall–Kier alpha value is -3.10. The monoisotopic (exact) mass is 366 g/mol. The lowest BCUT2D eigenvalue weighted by Gasteiger charge is -2.14. The highest BCUT2D eigenvalue weighted by atomic mass is 19.4. The summed E-state index contributed by atoms with van der Waals surface area (Å²) in [5.41, 5.74) is 3.86. The summed E-state index contributed by atoms with van der Waals surface area (Å²) in [7, 11) is 0. The lowest BCUT2D eigenvalue weighted by Crippen LogP contribution is -2.43. The van der Waals surface area contributed by atoms with Crippen LogP contribution in [0, 0.1) is 5.92 Å². The summed E-state index contributed by atoms with van der Waals surface area (Å²) >= 11 is 0. The minimum atomic E-state index is -4.48. The first kappa shape index (κ1) is 19.2. The predicted molar refractivity (Wildman–Crippen MR) is 89.4 cm³/mol. The molecule has 2 aromatic rings. The molecule has 0 aliphatic heterocycles. The average molecular weight is 366 g/mol. The van der Waals surface area contributed by atoms with Crippen LogP contribution in [0.25, 0.3) is 0 Å². The predicted octanol–water partition coefficient (Wildman–Crippen LogP) is 3.26. The number of aromatic nitrogens is 1. The zero-order valence-corrected chi connectivity index (χ0v) is 14.0. The number of pyridine rings is 1. The molecule has 0 bridgehead atoms. The minimum absolute atomic E-state index is 0.0584. The molecule has 1 heterocycles. The molecule has 0 aliphatic rings. The lowest BCUT2D eigenvalue weighted by molar-refractivity contribution is -0.137. The molecule has 6 nitrogen and oxygen atoms in total. The van der Waals surface area contributed by atoms with Gasteiger partial charge in [0.1, 0.15) is 5.82 Å². The van der Waals surface area contributed by atoms with Crippen LogP contribution < -0.4 is 16.2 Å². The van der Waals surface area contributed by atoms with Gasteiger partial charge in [0.05, 0.1) is 11.1 Å². The highest BCUT2D eigenvalue weighted by Crippen LogP contribution is 2.31. The third-order valence-corrected chi connectivity index (χ3v) is 3.33. The topological polar surface area (TPSA) is 83.1 Å². The molecule has 0 atom stereocenters. The van der Waals surface area contributed by atoms with Crippen molar-refractivity contribution in [3.8, 4) is 0 Å². The van der Waals surface area contributed by atoms with E-state index in [1.54, 1.807) is 13.8 Å². The summed E-state index contributed by atoms with van der Waals surface area (Å²) in [6.07, 6.45) is -3.09. The van der Waals surface area contributed by atoms with Gasteiger partial charge >= 0.3 is 6.18 Å². The van der Waals surface area contributed by atoms with E-state index in [-0.39, 0.29) is 28.9 Å². The summed E-state index contributed by atoms with van der Waals surface area (Å²) in [6, 6.07) is 7.45. The molecular formula is C17H17F3N4O2. The number of amides is 2. The number of benzene rings is 1. The second-order valence-electron chi connectivity index (χ2n) is 5.70.